The molecule has 0 aliphatic rings. The van der Waals surface area contributed by atoms with Gasteiger partial charge in [-0.3, -0.25) is 4.79 Å². The summed E-state index contributed by atoms with van der Waals surface area (Å²) in [4.78, 5) is 18.4. The van der Waals surface area contributed by atoms with Crippen molar-refractivity contribution in [2.45, 2.75) is 18.1 Å². The number of aromatic amines is 1. The lowest BCUT2D eigenvalue weighted by Gasteiger charge is -2.12. The van der Waals surface area contributed by atoms with E-state index in [-0.39, 0.29) is 12.0 Å². The zero-order valence-electron chi connectivity index (χ0n) is 8.82. The van der Waals surface area contributed by atoms with Gasteiger partial charge in [-0.25, -0.2) is 4.98 Å². The summed E-state index contributed by atoms with van der Waals surface area (Å²) in [6.45, 7) is 2.20. The van der Waals surface area contributed by atoms with Crippen molar-refractivity contribution in [3.8, 4) is 0 Å². The summed E-state index contributed by atoms with van der Waals surface area (Å²) in [5, 5.41) is 3.72. The van der Waals surface area contributed by atoms with Gasteiger partial charge in [0.05, 0.1) is 6.61 Å². The Morgan fingerprint density at radius 1 is 1.80 bits per heavy atom. The van der Waals surface area contributed by atoms with E-state index in [0.717, 1.165) is 5.16 Å². The van der Waals surface area contributed by atoms with E-state index in [2.05, 4.69) is 15.3 Å². The number of esters is 1. The van der Waals surface area contributed by atoms with E-state index in [0.29, 0.717) is 12.4 Å². The highest BCUT2D eigenvalue weighted by Crippen LogP contribution is 2.13. The SMILES string of the molecule is CCOC(=O)C(CSc1ncc[nH]1)NC. The number of H-pyrrole nitrogens is 1. The summed E-state index contributed by atoms with van der Waals surface area (Å²) in [7, 11) is 1.74. The molecule has 0 aromatic carbocycles. The fourth-order valence-electron chi connectivity index (χ4n) is 1.00. The van der Waals surface area contributed by atoms with Crippen LogP contribution in [0.4, 0.5) is 0 Å². The molecule has 0 radical (unpaired) electrons. The number of thioether (sulfide) groups is 1. The lowest BCUT2D eigenvalue weighted by Crippen LogP contribution is -2.37. The van der Waals surface area contributed by atoms with Crippen LogP contribution in [-0.2, 0) is 9.53 Å². The molecular formula is C9H15N3O2S. The lowest BCUT2D eigenvalue weighted by atomic mass is 10.3. The number of aromatic nitrogens is 2. The number of ether oxygens (including phenoxy) is 1. The summed E-state index contributed by atoms with van der Waals surface area (Å²) >= 11 is 1.48. The molecule has 5 nitrogen and oxygen atoms in total. The molecule has 0 spiro atoms. The molecule has 1 unspecified atom stereocenters. The van der Waals surface area contributed by atoms with Gasteiger partial charge in [-0.1, -0.05) is 11.8 Å². The van der Waals surface area contributed by atoms with Gasteiger partial charge in [-0.2, -0.15) is 0 Å². The third-order valence-electron chi connectivity index (χ3n) is 1.78. The molecule has 1 aromatic rings. The van der Waals surface area contributed by atoms with Crippen molar-refractivity contribution in [1.29, 1.82) is 0 Å². The highest BCUT2D eigenvalue weighted by Gasteiger charge is 2.17. The molecule has 0 aliphatic carbocycles. The van der Waals surface area contributed by atoms with Crippen molar-refractivity contribution in [3.05, 3.63) is 12.4 Å². The predicted octanol–water partition coefficient (Wildman–Crippen LogP) is 0.653. The monoisotopic (exact) mass is 229 g/mol. The Hall–Kier alpha value is -1.01. The minimum Gasteiger partial charge on any atom is -0.465 e. The summed E-state index contributed by atoms with van der Waals surface area (Å²) in [5.74, 6) is 0.377. The fraction of sp³-hybridized carbons (Fsp3) is 0.556. The molecule has 84 valence electrons. The summed E-state index contributed by atoms with van der Waals surface area (Å²) < 4.78 is 4.92. The Kier molecular flexibility index (Phi) is 5.20. The van der Waals surface area contributed by atoms with Crippen LogP contribution in [0.2, 0.25) is 0 Å². The number of imidazole rings is 1. The Morgan fingerprint density at radius 3 is 3.13 bits per heavy atom. The van der Waals surface area contributed by atoms with Gasteiger partial charge in [0.2, 0.25) is 0 Å². The normalized spacial score (nSPS) is 12.4. The molecule has 1 heterocycles. The van der Waals surface area contributed by atoms with Gasteiger partial charge in [0.15, 0.2) is 5.16 Å². The van der Waals surface area contributed by atoms with Crippen molar-refractivity contribution in [1.82, 2.24) is 15.3 Å². The first kappa shape index (κ1) is 12.1. The van der Waals surface area contributed by atoms with Crippen molar-refractivity contribution in [2.24, 2.45) is 0 Å². The van der Waals surface area contributed by atoms with Crippen LogP contribution in [0.25, 0.3) is 0 Å². The molecular weight excluding hydrogens is 214 g/mol. The van der Waals surface area contributed by atoms with Gasteiger partial charge in [-0.05, 0) is 14.0 Å². The smallest absolute Gasteiger partial charge is 0.323 e. The Balaban J connectivity index is 2.37. The van der Waals surface area contributed by atoms with E-state index in [4.69, 9.17) is 4.74 Å². The van der Waals surface area contributed by atoms with Crippen LogP contribution in [0.15, 0.2) is 17.6 Å². The van der Waals surface area contributed by atoms with Gasteiger partial charge < -0.3 is 15.0 Å². The topological polar surface area (TPSA) is 67.0 Å². The number of carbonyl (C=O) groups excluding carboxylic acids is 1. The van der Waals surface area contributed by atoms with Crippen molar-refractivity contribution in [2.75, 3.05) is 19.4 Å². The van der Waals surface area contributed by atoms with E-state index >= 15 is 0 Å². The first-order chi connectivity index (χ1) is 7.27. The lowest BCUT2D eigenvalue weighted by molar-refractivity contribution is -0.144. The van der Waals surface area contributed by atoms with Crippen LogP contribution in [-0.4, -0.2) is 41.4 Å². The number of likely N-dealkylation sites (N-methyl/N-ethyl adjacent to an activating group) is 1. The quantitative estimate of drug-likeness (QED) is 0.554. The second-order valence-electron chi connectivity index (χ2n) is 2.80. The molecule has 1 atom stereocenters. The average Bonchev–Trinajstić information content (AvgIpc) is 2.72. The second kappa shape index (κ2) is 6.47. The molecule has 0 fully saturated rings. The van der Waals surface area contributed by atoms with E-state index in [1.807, 2.05) is 0 Å². The van der Waals surface area contributed by atoms with Gasteiger partial charge >= 0.3 is 5.97 Å². The largest absolute Gasteiger partial charge is 0.465 e. The highest BCUT2D eigenvalue weighted by atomic mass is 32.2. The predicted molar refractivity (Wildman–Crippen MR) is 58.8 cm³/mol. The first-order valence-corrected chi connectivity index (χ1v) is 5.72. The van der Waals surface area contributed by atoms with E-state index in [1.165, 1.54) is 11.8 Å². The first-order valence-electron chi connectivity index (χ1n) is 4.74. The van der Waals surface area contributed by atoms with Crippen LogP contribution in [0, 0.1) is 0 Å². The van der Waals surface area contributed by atoms with Gasteiger partial charge in [0, 0.05) is 18.1 Å². The maximum Gasteiger partial charge on any atom is 0.323 e. The molecule has 6 heteroatoms. The number of nitrogens with zero attached hydrogens (tertiary/aromatic N) is 1. The molecule has 1 rings (SSSR count). The van der Waals surface area contributed by atoms with Crippen LogP contribution in [0.3, 0.4) is 0 Å². The van der Waals surface area contributed by atoms with E-state index in [1.54, 1.807) is 26.4 Å². The van der Waals surface area contributed by atoms with Gasteiger partial charge in [-0.15, -0.1) is 0 Å². The minimum atomic E-state index is -0.292. The Morgan fingerprint density at radius 2 is 2.60 bits per heavy atom. The zero-order chi connectivity index (χ0) is 11.1. The number of carbonyl (C=O) groups is 1. The number of nitrogens with one attached hydrogen (secondary N) is 2. The third kappa shape index (κ3) is 3.93. The number of hydrogen-bond donors (Lipinski definition) is 2. The average molecular weight is 229 g/mol. The summed E-state index contributed by atoms with van der Waals surface area (Å²) in [6, 6.07) is -0.292. The molecule has 0 aliphatic heterocycles. The minimum absolute atomic E-state index is 0.223. The Labute approximate surface area is 93.0 Å². The molecule has 0 saturated carbocycles. The van der Waals surface area contributed by atoms with Crippen molar-refractivity contribution < 1.29 is 9.53 Å². The maximum atomic E-state index is 11.4. The molecule has 0 amide bonds. The van der Waals surface area contributed by atoms with Crippen molar-refractivity contribution >= 4 is 17.7 Å². The van der Waals surface area contributed by atoms with Gasteiger partial charge in [0.1, 0.15) is 6.04 Å². The fourth-order valence-corrected chi connectivity index (χ4v) is 1.92. The standard InChI is InChI=1S/C9H15N3O2S/c1-3-14-8(13)7(10-2)6-15-9-11-4-5-12-9/h4-5,7,10H,3,6H2,1-2H3,(H,11,12). The summed E-state index contributed by atoms with van der Waals surface area (Å²) in [6.07, 6.45) is 3.43. The molecule has 0 bridgehead atoms. The van der Waals surface area contributed by atoms with Crippen molar-refractivity contribution in [3.63, 3.8) is 0 Å². The van der Waals surface area contributed by atoms with Crippen LogP contribution in [0.1, 0.15) is 6.92 Å². The van der Waals surface area contributed by atoms with Gasteiger partial charge in [0.25, 0.3) is 0 Å². The molecule has 0 saturated heterocycles. The molecule has 15 heavy (non-hydrogen) atoms. The van der Waals surface area contributed by atoms with Crippen LogP contribution in [0.5, 0.6) is 0 Å². The molecule has 2 N–H and O–H groups in total. The molecule has 1 aromatic heterocycles. The Bertz CT molecular complexity index is 290. The van der Waals surface area contributed by atoms with Crippen LogP contribution < -0.4 is 5.32 Å². The number of rotatable bonds is 6. The van der Waals surface area contributed by atoms with Crippen LogP contribution >= 0.6 is 11.8 Å². The van der Waals surface area contributed by atoms with E-state index < -0.39 is 0 Å². The zero-order valence-corrected chi connectivity index (χ0v) is 9.63. The third-order valence-corrected chi connectivity index (χ3v) is 2.78. The van der Waals surface area contributed by atoms with E-state index in [9.17, 15) is 4.79 Å². The highest BCUT2D eigenvalue weighted by molar-refractivity contribution is 7.99. The number of hydrogen-bond acceptors (Lipinski definition) is 5. The summed E-state index contributed by atoms with van der Waals surface area (Å²) in [5.41, 5.74) is 0. The maximum absolute atomic E-state index is 11.4. The second-order valence-corrected chi connectivity index (χ2v) is 3.81.